The van der Waals surface area contributed by atoms with E-state index in [9.17, 15) is 13.2 Å². The van der Waals surface area contributed by atoms with Crippen LogP contribution in [-0.4, -0.2) is 49.7 Å². The van der Waals surface area contributed by atoms with Gasteiger partial charge >= 0.3 is 0 Å². The second-order valence-electron chi connectivity index (χ2n) is 5.47. The van der Waals surface area contributed by atoms with Crippen LogP contribution in [0.2, 0.25) is 5.02 Å². The van der Waals surface area contributed by atoms with Crippen LogP contribution >= 0.6 is 11.6 Å². The average Bonchev–Trinajstić information content (AvgIpc) is 2.56. The maximum absolute atomic E-state index is 12.7. The second-order valence-corrected chi connectivity index (χ2v) is 7.79. The number of halogens is 1. The Bertz CT molecular complexity index is 658. The van der Waals surface area contributed by atoms with E-state index in [0.29, 0.717) is 31.7 Å². The maximum atomic E-state index is 12.7. The Morgan fingerprint density at radius 2 is 1.71 bits per heavy atom. The first-order chi connectivity index (χ1) is 11.3. The minimum Gasteiger partial charge on any atom is -0.339 e. The van der Waals surface area contributed by atoms with Crippen molar-refractivity contribution in [3.05, 3.63) is 28.8 Å². The topological polar surface area (TPSA) is 57.7 Å². The van der Waals surface area contributed by atoms with Gasteiger partial charge in [-0.1, -0.05) is 38.8 Å². The molecule has 1 aromatic carbocycles. The van der Waals surface area contributed by atoms with Gasteiger partial charge in [-0.2, -0.15) is 4.31 Å². The lowest BCUT2D eigenvalue weighted by Gasteiger charge is -2.22. The van der Waals surface area contributed by atoms with E-state index in [0.717, 1.165) is 12.8 Å². The summed E-state index contributed by atoms with van der Waals surface area (Å²) in [6.07, 6.45) is 1.91. The van der Waals surface area contributed by atoms with E-state index in [1.807, 2.05) is 6.92 Å². The number of carbonyl (C=O) groups is 1. The van der Waals surface area contributed by atoms with Gasteiger partial charge < -0.3 is 4.90 Å². The molecule has 0 saturated carbocycles. The molecule has 0 atom stereocenters. The van der Waals surface area contributed by atoms with Crippen molar-refractivity contribution >= 4 is 27.5 Å². The fourth-order valence-corrected chi connectivity index (χ4v) is 4.43. The molecule has 0 aliphatic carbocycles. The van der Waals surface area contributed by atoms with Crippen LogP contribution in [0.5, 0.6) is 0 Å². The molecule has 5 nitrogen and oxygen atoms in total. The van der Waals surface area contributed by atoms with Crippen molar-refractivity contribution in [1.82, 2.24) is 9.21 Å². The van der Waals surface area contributed by atoms with Crippen molar-refractivity contribution in [2.45, 2.75) is 45.4 Å². The van der Waals surface area contributed by atoms with Gasteiger partial charge in [-0.3, -0.25) is 4.79 Å². The Morgan fingerprint density at radius 1 is 1.08 bits per heavy atom. The van der Waals surface area contributed by atoms with Crippen molar-refractivity contribution < 1.29 is 13.2 Å². The van der Waals surface area contributed by atoms with E-state index >= 15 is 0 Å². The average molecular weight is 375 g/mol. The quantitative estimate of drug-likeness (QED) is 0.663. The van der Waals surface area contributed by atoms with E-state index in [1.54, 1.807) is 24.8 Å². The number of carbonyl (C=O) groups excluding carboxylic acids is 1. The molecule has 7 heteroatoms. The van der Waals surface area contributed by atoms with Crippen molar-refractivity contribution in [1.29, 1.82) is 0 Å². The normalized spacial score (nSPS) is 11.8. The fourth-order valence-electron chi connectivity index (χ4n) is 2.47. The van der Waals surface area contributed by atoms with Gasteiger partial charge in [0, 0.05) is 31.7 Å². The first-order valence-corrected chi connectivity index (χ1v) is 10.2. The third-order valence-electron chi connectivity index (χ3n) is 3.95. The highest BCUT2D eigenvalue weighted by Gasteiger charge is 2.26. The van der Waals surface area contributed by atoms with Crippen LogP contribution in [0.4, 0.5) is 0 Å². The van der Waals surface area contributed by atoms with E-state index in [-0.39, 0.29) is 15.8 Å². The zero-order valence-corrected chi connectivity index (χ0v) is 16.5. The van der Waals surface area contributed by atoms with Gasteiger partial charge in [-0.25, -0.2) is 8.42 Å². The maximum Gasteiger partial charge on any atom is 0.253 e. The zero-order chi connectivity index (χ0) is 18.3. The SMILES string of the molecule is CCCCN(CC)C(=O)c1ccc(Cl)c(S(=O)(=O)N(CC)CC)c1. The molecule has 0 spiro atoms. The van der Waals surface area contributed by atoms with Gasteiger partial charge in [-0.05, 0) is 31.5 Å². The van der Waals surface area contributed by atoms with Gasteiger partial charge in [0.1, 0.15) is 4.90 Å². The molecule has 0 saturated heterocycles. The van der Waals surface area contributed by atoms with Crippen LogP contribution < -0.4 is 0 Å². The Balaban J connectivity index is 3.25. The summed E-state index contributed by atoms with van der Waals surface area (Å²) < 4.78 is 26.8. The summed E-state index contributed by atoms with van der Waals surface area (Å²) in [5.41, 5.74) is 0.350. The first kappa shape index (κ1) is 20.9. The number of amides is 1. The molecule has 136 valence electrons. The molecular formula is C17H27ClN2O3S. The van der Waals surface area contributed by atoms with Crippen molar-refractivity contribution in [2.24, 2.45) is 0 Å². The molecule has 0 N–H and O–H groups in total. The van der Waals surface area contributed by atoms with Gasteiger partial charge in [0.2, 0.25) is 10.0 Å². The number of benzene rings is 1. The Labute approximate surface area is 150 Å². The predicted molar refractivity (Wildman–Crippen MR) is 98.0 cm³/mol. The van der Waals surface area contributed by atoms with Crippen LogP contribution in [0, 0.1) is 0 Å². The van der Waals surface area contributed by atoms with Crippen LogP contribution in [0.3, 0.4) is 0 Å². The van der Waals surface area contributed by atoms with E-state index in [4.69, 9.17) is 11.6 Å². The lowest BCUT2D eigenvalue weighted by Crippen LogP contribution is -2.33. The number of nitrogens with zero attached hydrogens (tertiary/aromatic N) is 2. The number of rotatable bonds is 9. The summed E-state index contributed by atoms with van der Waals surface area (Å²) in [5, 5.41) is 0.134. The largest absolute Gasteiger partial charge is 0.339 e. The summed E-state index contributed by atoms with van der Waals surface area (Å²) >= 11 is 6.11. The molecule has 0 aliphatic heterocycles. The van der Waals surface area contributed by atoms with Gasteiger partial charge in [0.05, 0.1) is 5.02 Å². The van der Waals surface area contributed by atoms with Crippen LogP contribution in [0.15, 0.2) is 23.1 Å². The summed E-state index contributed by atoms with van der Waals surface area (Å²) in [6.45, 7) is 9.47. The van der Waals surface area contributed by atoms with E-state index in [2.05, 4.69) is 6.92 Å². The molecule has 0 radical (unpaired) electrons. The lowest BCUT2D eigenvalue weighted by molar-refractivity contribution is 0.0762. The minimum atomic E-state index is -3.71. The third kappa shape index (κ3) is 4.71. The molecule has 0 aliphatic rings. The summed E-state index contributed by atoms with van der Waals surface area (Å²) in [5.74, 6) is -0.168. The predicted octanol–water partition coefficient (Wildman–Crippen LogP) is 3.63. The van der Waals surface area contributed by atoms with Crippen LogP contribution in [0.25, 0.3) is 0 Å². The fraction of sp³-hybridized carbons (Fsp3) is 0.588. The van der Waals surface area contributed by atoms with E-state index in [1.165, 1.54) is 16.4 Å². The van der Waals surface area contributed by atoms with Crippen molar-refractivity contribution in [3.8, 4) is 0 Å². The Kier molecular flexibility index (Phi) is 8.19. The smallest absolute Gasteiger partial charge is 0.253 e. The van der Waals surface area contributed by atoms with Crippen molar-refractivity contribution in [3.63, 3.8) is 0 Å². The second kappa shape index (κ2) is 9.39. The summed E-state index contributed by atoms with van der Waals surface area (Å²) in [4.78, 5) is 14.4. The third-order valence-corrected chi connectivity index (χ3v) is 6.48. The molecule has 1 aromatic rings. The van der Waals surface area contributed by atoms with E-state index < -0.39 is 10.0 Å². The van der Waals surface area contributed by atoms with Gasteiger partial charge in [0.15, 0.2) is 0 Å². The minimum absolute atomic E-state index is 0.00902. The number of hydrogen-bond donors (Lipinski definition) is 0. The number of unbranched alkanes of at least 4 members (excludes halogenated alkanes) is 1. The molecule has 1 amide bonds. The standard InChI is InChI=1S/C17H27ClN2O3S/c1-5-9-12-19(6-2)17(21)14-10-11-15(18)16(13-14)24(22,23)20(7-3)8-4/h10-11,13H,5-9,12H2,1-4H3. The highest BCUT2D eigenvalue weighted by molar-refractivity contribution is 7.89. The molecule has 24 heavy (non-hydrogen) atoms. The zero-order valence-electron chi connectivity index (χ0n) is 14.9. The number of sulfonamides is 1. The first-order valence-electron chi connectivity index (χ1n) is 8.42. The monoisotopic (exact) mass is 374 g/mol. The molecule has 0 fully saturated rings. The highest BCUT2D eigenvalue weighted by atomic mass is 35.5. The van der Waals surface area contributed by atoms with Crippen LogP contribution in [-0.2, 0) is 10.0 Å². The van der Waals surface area contributed by atoms with Gasteiger partial charge in [0.25, 0.3) is 5.91 Å². The highest BCUT2D eigenvalue weighted by Crippen LogP contribution is 2.26. The molecule has 0 unspecified atom stereocenters. The molecule has 0 aromatic heterocycles. The van der Waals surface area contributed by atoms with Crippen molar-refractivity contribution in [2.75, 3.05) is 26.2 Å². The molecule has 1 rings (SSSR count). The Morgan fingerprint density at radius 3 is 2.21 bits per heavy atom. The Hall–Kier alpha value is -1.11. The molecule has 0 bridgehead atoms. The molecule has 0 heterocycles. The summed E-state index contributed by atoms with van der Waals surface area (Å²) in [6, 6.07) is 4.46. The lowest BCUT2D eigenvalue weighted by atomic mass is 10.2. The molecular weight excluding hydrogens is 348 g/mol. The number of hydrogen-bond acceptors (Lipinski definition) is 3. The summed E-state index contributed by atoms with van der Waals surface area (Å²) in [7, 11) is -3.71. The van der Waals surface area contributed by atoms with Crippen LogP contribution in [0.1, 0.15) is 50.9 Å². The van der Waals surface area contributed by atoms with Gasteiger partial charge in [-0.15, -0.1) is 0 Å².